The molecule has 0 radical (unpaired) electrons. The number of pyridine rings is 1. The Labute approximate surface area is 134 Å². The molecule has 4 saturated carbocycles. The Morgan fingerprint density at radius 3 is 2.43 bits per heavy atom. The number of nitrogens with zero attached hydrogens (tertiary/aromatic N) is 1. The minimum absolute atomic E-state index is 0.158. The molecule has 1 aromatic heterocycles. The van der Waals surface area contributed by atoms with Crippen LogP contribution < -0.4 is 5.32 Å². The minimum Gasteiger partial charge on any atom is -0.324 e. The second-order valence-corrected chi connectivity index (χ2v) is 8.24. The van der Waals surface area contributed by atoms with Gasteiger partial charge in [0, 0.05) is 12.6 Å². The number of nitrogens with one attached hydrogen (secondary N) is 1. The summed E-state index contributed by atoms with van der Waals surface area (Å²) in [5.41, 5.74) is 1.08. The molecule has 0 aromatic carbocycles. The van der Waals surface area contributed by atoms with Gasteiger partial charge in [-0.05, 0) is 89.8 Å². The van der Waals surface area contributed by atoms with E-state index in [0.29, 0.717) is 16.4 Å². The van der Waals surface area contributed by atoms with Gasteiger partial charge in [0.1, 0.15) is 4.60 Å². The van der Waals surface area contributed by atoms with Crippen molar-refractivity contribution in [3.63, 3.8) is 0 Å². The highest BCUT2D eigenvalue weighted by Gasteiger charge is 2.51. The lowest BCUT2D eigenvalue weighted by atomic mass is 9.49. The number of halogens is 1. The summed E-state index contributed by atoms with van der Waals surface area (Å²) in [6, 6.07) is 3.75. The van der Waals surface area contributed by atoms with Gasteiger partial charge in [0.25, 0.3) is 0 Å². The largest absolute Gasteiger partial charge is 0.324 e. The molecule has 0 aliphatic heterocycles. The van der Waals surface area contributed by atoms with E-state index in [-0.39, 0.29) is 5.91 Å². The zero-order chi connectivity index (χ0) is 14.4. The Hall–Kier alpha value is -0.900. The summed E-state index contributed by atoms with van der Waals surface area (Å²) < 4.78 is 0.712. The highest BCUT2D eigenvalue weighted by Crippen LogP contribution is 2.61. The number of carbonyl (C=O) groups excluding carboxylic acids is 1. The van der Waals surface area contributed by atoms with Crippen molar-refractivity contribution in [3.8, 4) is 0 Å². The quantitative estimate of drug-likeness (QED) is 0.823. The topological polar surface area (TPSA) is 42.0 Å². The van der Waals surface area contributed by atoms with E-state index in [2.05, 4.69) is 26.2 Å². The van der Waals surface area contributed by atoms with E-state index in [0.717, 1.165) is 23.4 Å². The first-order valence-electron chi connectivity index (χ1n) is 8.02. The molecule has 1 amide bonds. The van der Waals surface area contributed by atoms with Crippen LogP contribution in [0.1, 0.15) is 44.9 Å². The summed E-state index contributed by atoms with van der Waals surface area (Å²) >= 11 is 3.39. The maximum absolute atomic E-state index is 12.5. The summed E-state index contributed by atoms with van der Waals surface area (Å²) in [5.74, 6) is 2.85. The molecule has 1 N–H and O–H groups in total. The van der Waals surface area contributed by atoms with Gasteiger partial charge in [-0.1, -0.05) is 0 Å². The van der Waals surface area contributed by atoms with Gasteiger partial charge < -0.3 is 5.32 Å². The molecule has 0 saturated heterocycles. The third kappa shape index (κ3) is 2.63. The van der Waals surface area contributed by atoms with Crippen LogP contribution in [-0.4, -0.2) is 10.9 Å². The van der Waals surface area contributed by atoms with E-state index >= 15 is 0 Å². The van der Waals surface area contributed by atoms with Gasteiger partial charge in [-0.25, -0.2) is 4.98 Å². The molecule has 0 spiro atoms. The molecule has 5 rings (SSSR count). The van der Waals surface area contributed by atoms with Crippen molar-refractivity contribution in [2.75, 3.05) is 5.32 Å². The fourth-order valence-electron chi connectivity index (χ4n) is 5.52. The van der Waals surface area contributed by atoms with Crippen molar-refractivity contribution < 1.29 is 4.79 Å². The second kappa shape index (κ2) is 5.08. The average molecular weight is 349 g/mol. The zero-order valence-electron chi connectivity index (χ0n) is 12.1. The van der Waals surface area contributed by atoms with Crippen LogP contribution in [-0.2, 0) is 4.79 Å². The highest BCUT2D eigenvalue weighted by atomic mass is 79.9. The Balaban J connectivity index is 1.46. The number of rotatable bonds is 3. The lowest BCUT2D eigenvalue weighted by Crippen LogP contribution is -2.47. The van der Waals surface area contributed by atoms with E-state index in [4.69, 9.17) is 0 Å². The molecule has 21 heavy (non-hydrogen) atoms. The normalized spacial score (nSPS) is 36.7. The average Bonchev–Trinajstić information content (AvgIpc) is 2.39. The first kappa shape index (κ1) is 13.7. The Bertz CT molecular complexity index is 536. The Morgan fingerprint density at radius 1 is 1.24 bits per heavy atom. The van der Waals surface area contributed by atoms with E-state index in [1.807, 2.05) is 12.1 Å². The van der Waals surface area contributed by atoms with E-state index < -0.39 is 0 Å². The van der Waals surface area contributed by atoms with Crippen LogP contribution in [0, 0.1) is 23.2 Å². The van der Waals surface area contributed by atoms with Gasteiger partial charge in [-0.15, -0.1) is 0 Å². The number of hydrogen-bond acceptors (Lipinski definition) is 2. The van der Waals surface area contributed by atoms with Crippen LogP contribution in [0.2, 0.25) is 0 Å². The summed E-state index contributed by atoms with van der Waals surface area (Å²) in [5, 5.41) is 3.04. The van der Waals surface area contributed by atoms with Crippen LogP contribution in [0.5, 0.6) is 0 Å². The molecule has 0 atom stereocenters. The van der Waals surface area contributed by atoms with Crippen molar-refractivity contribution in [2.45, 2.75) is 44.9 Å². The molecule has 4 aliphatic carbocycles. The lowest BCUT2D eigenvalue weighted by molar-refractivity contribution is -0.124. The van der Waals surface area contributed by atoms with Gasteiger partial charge >= 0.3 is 0 Å². The first-order valence-corrected chi connectivity index (χ1v) is 8.82. The third-order valence-electron chi connectivity index (χ3n) is 5.73. The Morgan fingerprint density at radius 2 is 1.86 bits per heavy atom. The standard InChI is InChI=1S/C17H21BrN2O/c18-16-14(2-1-3-19-16)20-15(21)10-17-7-11-4-12(8-17)6-13(5-11)9-17/h1-3,11-13H,4-10H2,(H,20,21). The Kier molecular flexibility index (Phi) is 3.32. The summed E-state index contributed by atoms with van der Waals surface area (Å²) in [6.45, 7) is 0. The van der Waals surface area contributed by atoms with Crippen LogP contribution in [0.25, 0.3) is 0 Å². The fourth-order valence-corrected chi connectivity index (χ4v) is 5.87. The molecule has 4 heteroatoms. The van der Waals surface area contributed by atoms with Crippen molar-refractivity contribution in [3.05, 3.63) is 22.9 Å². The number of carbonyl (C=O) groups is 1. The SMILES string of the molecule is O=C(CC12CC3CC(CC(C3)C1)C2)Nc1cccnc1Br. The number of aromatic nitrogens is 1. The maximum Gasteiger partial charge on any atom is 0.225 e. The second-order valence-electron chi connectivity index (χ2n) is 7.48. The molecule has 4 bridgehead atoms. The van der Waals surface area contributed by atoms with Crippen LogP contribution >= 0.6 is 15.9 Å². The van der Waals surface area contributed by atoms with Crippen LogP contribution in [0.15, 0.2) is 22.9 Å². The smallest absolute Gasteiger partial charge is 0.225 e. The summed E-state index contributed by atoms with van der Waals surface area (Å²) in [6.07, 6.45) is 10.5. The lowest BCUT2D eigenvalue weighted by Gasteiger charge is -2.56. The highest BCUT2D eigenvalue weighted by molar-refractivity contribution is 9.10. The molecule has 4 aliphatic rings. The number of hydrogen-bond donors (Lipinski definition) is 1. The van der Waals surface area contributed by atoms with Gasteiger partial charge in [0.2, 0.25) is 5.91 Å². The van der Waals surface area contributed by atoms with Gasteiger partial charge in [-0.3, -0.25) is 4.79 Å². The van der Waals surface area contributed by atoms with E-state index in [9.17, 15) is 4.79 Å². The third-order valence-corrected chi connectivity index (χ3v) is 6.37. The van der Waals surface area contributed by atoms with Gasteiger partial charge in [0.05, 0.1) is 5.69 Å². The van der Waals surface area contributed by atoms with Crippen molar-refractivity contribution in [1.29, 1.82) is 0 Å². The van der Waals surface area contributed by atoms with Crippen LogP contribution in [0.3, 0.4) is 0 Å². The van der Waals surface area contributed by atoms with Crippen molar-refractivity contribution in [2.24, 2.45) is 23.2 Å². The molecule has 1 heterocycles. The molecule has 0 unspecified atom stereocenters. The molecule has 1 aromatic rings. The predicted molar refractivity (Wildman–Crippen MR) is 85.8 cm³/mol. The molecule has 4 fully saturated rings. The predicted octanol–water partition coefficient (Wildman–Crippen LogP) is 4.39. The summed E-state index contributed by atoms with van der Waals surface area (Å²) in [4.78, 5) is 16.7. The maximum atomic E-state index is 12.5. The molecule has 3 nitrogen and oxygen atoms in total. The molecular weight excluding hydrogens is 328 g/mol. The van der Waals surface area contributed by atoms with Gasteiger partial charge in [0.15, 0.2) is 0 Å². The monoisotopic (exact) mass is 348 g/mol. The molecule has 112 valence electrons. The van der Waals surface area contributed by atoms with E-state index in [1.54, 1.807) is 6.20 Å². The number of amides is 1. The van der Waals surface area contributed by atoms with Crippen LogP contribution in [0.4, 0.5) is 5.69 Å². The van der Waals surface area contributed by atoms with Crippen molar-refractivity contribution in [1.82, 2.24) is 4.98 Å². The van der Waals surface area contributed by atoms with Gasteiger partial charge in [-0.2, -0.15) is 0 Å². The minimum atomic E-state index is 0.158. The summed E-state index contributed by atoms with van der Waals surface area (Å²) in [7, 11) is 0. The van der Waals surface area contributed by atoms with Crippen molar-refractivity contribution >= 4 is 27.5 Å². The number of anilines is 1. The fraction of sp³-hybridized carbons (Fsp3) is 0.647. The van der Waals surface area contributed by atoms with E-state index in [1.165, 1.54) is 38.5 Å². The molecular formula is C17H21BrN2O. The first-order chi connectivity index (χ1) is 10.1. The zero-order valence-corrected chi connectivity index (χ0v) is 13.7.